The first-order chi connectivity index (χ1) is 8.76. The van der Waals surface area contributed by atoms with E-state index in [0.717, 1.165) is 37.6 Å². The number of ether oxygens (including phenoxy) is 2. The minimum atomic E-state index is 0.547. The van der Waals surface area contributed by atoms with E-state index in [-0.39, 0.29) is 0 Å². The normalized spacial score (nSPS) is 10.9. The van der Waals surface area contributed by atoms with Crippen molar-refractivity contribution in [3.05, 3.63) is 29.8 Å². The second-order valence-electron chi connectivity index (χ2n) is 4.20. The van der Waals surface area contributed by atoms with E-state index in [9.17, 15) is 0 Å². The average molecular weight is 252 g/mol. The zero-order valence-electron chi connectivity index (χ0n) is 11.4. The van der Waals surface area contributed by atoms with Gasteiger partial charge in [0.2, 0.25) is 0 Å². The third-order valence-corrected chi connectivity index (χ3v) is 2.70. The highest BCUT2D eigenvalue weighted by Gasteiger charge is 1.99. The number of rotatable bonds is 9. The van der Waals surface area contributed by atoms with E-state index in [2.05, 4.69) is 11.9 Å². The topological polar surface area (TPSA) is 47.7 Å². The molecule has 0 saturated heterocycles. The molecule has 0 aliphatic rings. The standard InChI is InChI=1S/C14H24N2O2/c1-3-17-9-7-16(2)8-10-18-14-6-4-5-13(11-14)12-15/h4-6,11H,3,7-10,12,15H2,1-2H3. The van der Waals surface area contributed by atoms with Crippen LogP contribution in [0.1, 0.15) is 12.5 Å². The molecule has 0 spiro atoms. The van der Waals surface area contributed by atoms with E-state index in [0.29, 0.717) is 13.2 Å². The number of benzene rings is 1. The van der Waals surface area contributed by atoms with Gasteiger partial charge in [0.15, 0.2) is 0 Å². The SMILES string of the molecule is CCOCCN(C)CCOc1cccc(CN)c1. The van der Waals surface area contributed by atoms with Crippen molar-refractivity contribution in [3.63, 3.8) is 0 Å². The van der Waals surface area contributed by atoms with Gasteiger partial charge >= 0.3 is 0 Å². The lowest BCUT2D eigenvalue weighted by Crippen LogP contribution is -2.27. The van der Waals surface area contributed by atoms with Crippen LogP contribution in [0.4, 0.5) is 0 Å². The molecule has 0 radical (unpaired) electrons. The predicted molar refractivity (Wildman–Crippen MR) is 73.8 cm³/mol. The fourth-order valence-corrected chi connectivity index (χ4v) is 1.56. The quantitative estimate of drug-likeness (QED) is 0.677. The van der Waals surface area contributed by atoms with Crippen molar-refractivity contribution < 1.29 is 9.47 Å². The van der Waals surface area contributed by atoms with Gasteiger partial charge in [-0.2, -0.15) is 0 Å². The Kier molecular flexibility index (Phi) is 7.41. The van der Waals surface area contributed by atoms with Crippen LogP contribution in [0.2, 0.25) is 0 Å². The van der Waals surface area contributed by atoms with Crippen LogP contribution < -0.4 is 10.5 Å². The summed E-state index contributed by atoms with van der Waals surface area (Å²) in [6, 6.07) is 7.91. The number of likely N-dealkylation sites (N-methyl/N-ethyl adjacent to an activating group) is 1. The Morgan fingerprint density at radius 3 is 2.72 bits per heavy atom. The summed E-state index contributed by atoms with van der Waals surface area (Å²) >= 11 is 0. The Hall–Kier alpha value is -1.10. The minimum Gasteiger partial charge on any atom is -0.492 e. The van der Waals surface area contributed by atoms with E-state index >= 15 is 0 Å². The zero-order valence-corrected chi connectivity index (χ0v) is 11.4. The molecule has 4 nitrogen and oxygen atoms in total. The fourth-order valence-electron chi connectivity index (χ4n) is 1.56. The molecule has 1 aromatic carbocycles. The van der Waals surface area contributed by atoms with Crippen molar-refractivity contribution in [1.82, 2.24) is 4.90 Å². The van der Waals surface area contributed by atoms with Crippen LogP contribution in [0.5, 0.6) is 5.75 Å². The highest BCUT2D eigenvalue weighted by atomic mass is 16.5. The van der Waals surface area contributed by atoms with Crippen LogP contribution in [-0.4, -0.2) is 44.9 Å². The van der Waals surface area contributed by atoms with Gasteiger partial charge in [0, 0.05) is 26.2 Å². The molecule has 18 heavy (non-hydrogen) atoms. The van der Waals surface area contributed by atoms with Crippen LogP contribution in [0, 0.1) is 0 Å². The summed E-state index contributed by atoms with van der Waals surface area (Å²) < 4.78 is 11.0. The number of nitrogens with two attached hydrogens (primary N) is 1. The van der Waals surface area contributed by atoms with Crippen molar-refractivity contribution >= 4 is 0 Å². The van der Waals surface area contributed by atoms with Gasteiger partial charge in [0.05, 0.1) is 6.61 Å². The maximum Gasteiger partial charge on any atom is 0.119 e. The summed E-state index contributed by atoms with van der Waals surface area (Å²) in [6.07, 6.45) is 0. The van der Waals surface area contributed by atoms with Gasteiger partial charge in [-0.15, -0.1) is 0 Å². The van der Waals surface area contributed by atoms with Crippen molar-refractivity contribution in [2.75, 3.05) is 40.0 Å². The lowest BCUT2D eigenvalue weighted by Gasteiger charge is -2.16. The van der Waals surface area contributed by atoms with Crippen molar-refractivity contribution in [2.24, 2.45) is 5.73 Å². The molecule has 0 unspecified atom stereocenters. The van der Waals surface area contributed by atoms with E-state index in [1.54, 1.807) is 0 Å². The summed E-state index contributed by atoms with van der Waals surface area (Å²) in [7, 11) is 2.07. The molecule has 1 aromatic rings. The van der Waals surface area contributed by atoms with Gasteiger partial charge in [0.1, 0.15) is 12.4 Å². The first-order valence-corrected chi connectivity index (χ1v) is 6.44. The van der Waals surface area contributed by atoms with E-state index in [4.69, 9.17) is 15.2 Å². The van der Waals surface area contributed by atoms with Crippen LogP contribution in [0.25, 0.3) is 0 Å². The molecule has 0 bridgehead atoms. The molecule has 4 heteroatoms. The summed E-state index contributed by atoms with van der Waals surface area (Å²) in [5.41, 5.74) is 6.68. The number of nitrogens with zero attached hydrogens (tertiary/aromatic N) is 1. The summed E-state index contributed by atoms with van der Waals surface area (Å²) in [5, 5.41) is 0. The van der Waals surface area contributed by atoms with E-state index < -0.39 is 0 Å². The Balaban J connectivity index is 2.20. The van der Waals surface area contributed by atoms with Gasteiger partial charge in [-0.25, -0.2) is 0 Å². The first kappa shape index (κ1) is 15.0. The molecular formula is C14H24N2O2. The maximum absolute atomic E-state index is 5.69. The zero-order chi connectivity index (χ0) is 13.2. The highest BCUT2D eigenvalue weighted by molar-refractivity contribution is 5.28. The van der Waals surface area contributed by atoms with E-state index in [1.165, 1.54) is 0 Å². The molecule has 0 amide bonds. The first-order valence-electron chi connectivity index (χ1n) is 6.44. The van der Waals surface area contributed by atoms with Crippen LogP contribution >= 0.6 is 0 Å². The van der Waals surface area contributed by atoms with Crippen LogP contribution in [-0.2, 0) is 11.3 Å². The van der Waals surface area contributed by atoms with Crippen LogP contribution in [0.15, 0.2) is 24.3 Å². The molecule has 2 N–H and O–H groups in total. The molecule has 1 rings (SSSR count). The summed E-state index contributed by atoms with van der Waals surface area (Å²) in [4.78, 5) is 2.20. The highest BCUT2D eigenvalue weighted by Crippen LogP contribution is 2.12. The molecule has 0 fully saturated rings. The smallest absolute Gasteiger partial charge is 0.119 e. The molecule has 0 aliphatic carbocycles. The average Bonchev–Trinajstić information content (AvgIpc) is 2.39. The molecule has 0 heterocycles. The monoisotopic (exact) mass is 252 g/mol. The molecule has 0 atom stereocenters. The summed E-state index contributed by atoms with van der Waals surface area (Å²) in [5.74, 6) is 0.885. The van der Waals surface area contributed by atoms with Gasteiger partial charge < -0.3 is 20.1 Å². The number of hydrogen-bond donors (Lipinski definition) is 1. The fraction of sp³-hybridized carbons (Fsp3) is 0.571. The van der Waals surface area contributed by atoms with Gasteiger partial charge in [-0.3, -0.25) is 0 Å². The lowest BCUT2D eigenvalue weighted by atomic mass is 10.2. The lowest BCUT2D eigenvalue weighted by molar-refractivity contribution is 0.116. The van der Waals surface area contributed by atoms with Gasteiger partial charge in [-0.05, 0) is 31.7 Å². The van der Waals surface area contributed by atoms with E-state index in [1.807, 2.05) is 31.2 Å². The second-order valence-corrected chi connectivity index (χ2v) is 4.20. The Morgan fingerprint density at radius 2 is 2.00 bits per heavy atom. The maximum atomic E-state index is 5.69. The third-order valence-electron chi connectivity index (χ3n) is 2.70. The Labute approximate surface area is 110 Å². The minimum absolute atomic E-state index is 0.547. The molecular weight excluding hydrogens is 228 g/mol. The van der Waals surface area contributed by atoms with Crippen molar-refractivity contribution in [1.29, 1.82) is 0 Å². The molecule has 0 aliphatic heterocycles. The molecule has 0 saturated carbocycles. The third kappa shape index (κ3) is 6.00. The Morgan fingerprint density at radius 1 is 1.22 bits per heavy atom. The molecule has 102 valence electrons. The predicted octanol–water partition coefficient (Wildman–Crippen LogP) is 1.49. The molecule has 0 aromatic heterocycles. The number of hydrogen-bond acceptors (Lipinski definition) is 4. The largest absolute Gasteiger partial charge is 0.492 e. The van der Waals surface area contributed by atoms with Gasteiger partial charge in [0.25, 0.3) is 0 Å². The second kappa shape index (κ2) is 8.91. The van der Waals surface area contributed by atoms with Crippen molar-refractivity contribution in [3.8, 4) is 5.75 Å². The Bertz CT molecular complexity index is 331. The summed E-state index contributed by atoms with van der Waals surface area (Å²) in [6.45, 7) is 6.60. The van der Waals surface area contributed by atoms with Crippen LogP contribution in [0.3, 0.4) is 0 Å². The van der Waals surface area contributed by atoms with Crippen molar-refractivity contribution in [2.45, 2.75) is 13.5 Å². The van der Waals surface area contributed by atoms with Gasteiger partial charge in [-0.1, -0.05) is 12.1 Å².